The van der Waals surface area contributed by atoms with E-state index in [4.69, 9.17) is 9.47 Å². The molecule has 5 rings (SSSR count). The molecule has 5 heteroatoms. The number of halogens is 1. The summed E-state index contributed by atoms with van der Waals surface area (Å²) in [7, 11) is 1.26. The van der Waals surface area contributed by atoms with Gasteiger partial charge in [-0.3, -0.25) is 0 Å². The molecule has 0 bridgehead atoms. The zero-order valence-electron chi connectivity index (χ0n) is 19.7. The van der Waals surface area contributed by atoms with Gasteiger partial charge in [0.1, 0.15) is 17.7 Å². The van der Waals surface area contributed by atoms with Gasteiger partial charge in [-0.15, -0.1) is 0 Å². The van der Waals surface area contributed by atoms with Gasteiger partial charge < -0.3 is 14.8 Å². The van der Waals surface area contributed by atoms with E-state index in [0.717, 1.165) is 36.3 Å². The first kappa shape index (κ1) is 23.1. The minimum Gasteiger partial charge on any atom is -0.489 e. The molecule has 4 aromatic rings. The lowest BCUT2D eigenvalue weighted by molar-refractivity contribution is 0.0595. The zero-order valence-corrected chi connectivity index (χ0v) is 19.7. The van der Waals surface area contributed by atoms with Crippen LogP contribution in [0.25, 0.3) is 10.8 Å². The van der Waals surface area contributed by atoms with E-state index in [2.05, 4.69) is 47.8 Å². The number of esters is 1. The smallest absolute Gasteiger partial charge is 0.340 e. The Morgan fingerprint density at radius 2 is 1.83 bits per heavy atom. The van der Waals surface area contributed by atoms with E-state index in [1.807, 2.05) is 24.3 Å². The van der Waals surface area contributed by atoms with E-state index in [0.29, 0.717) is 6.54 Å². The largest absolute Gasteiger partial charge is 0.489 e. The second kappa shape index (κ2) is 10.3. The molecule has 0 aromatic heterocycles. The molecule has 0 fully saturated rings. The number of para-hydroxylation sites is 1. The maximum absolute atomic E-state index is 14.3. The average Bonchev–Trinajstić information content (AvgIpc) is 2.90. The number of rotatable bonds is 7. The molecule has 0 saturated heterocycles. The first-order valence-electron chi connectivity index (χ1n) is 11.9. The van der Waals surface area contributed by atoms with Crippen molar-refractivity contribution in [2.24, 2.45) is 0 Å². The van der Waals surface area contributed by atoms with Crippen LogP contribution in [0.3, 0.4) is 0 Å². The van der Waals surface area contributed by atoms with Gasteiger partial charge in [0.25, 0.3) is 0 Å². The highest BCUT2D eigenvalue weighted by Crippen LogP contribution is 2.40. The van der Waals surface area contributed by atoms with Crippen LogP contribution in [-0.2, 0) is 11.2 Å². The van der Waals surface area contributed by atoms with Crippen molar-refractivity contribution >= 4 is 16.7 Å². The van der Waals surface area contributed by atoms with Crippen molar-refractivity contribution in [2.45, 2.75) is 24.9 Å². The molecule has 2 atom stereocenters. The Bertz CT molecular complexity index is 1350. The van der Waals surface area contributed by atoms with E-state index in [9.17, 15) is 9.18 Å². The molecule has 4 aromatic carbocycles. The molecule has 2 unspecified atom stereocenters. The highest BCUT2D eigenvalue weighted by Gasteiger charge is 2.30. The molecule has 0 spiro atoms. The predicted molar refractivity (Wildman–Crippen MR) is 136 cm³/mol. The molecule has 1 heterocycles. The van der Waals surface area contributed by atoms with E-state index in [-0.39, 0.29) is 17.6 Å². The highest BCUT2D eigenvalue weighted by atomic mass is 19.1. The summed E-state index contributed by atoms with van der Waals surface area (Å²) in [5, 5.41) is 6.10. The standard InChI is InChI=1S/C30H28FNO3/c1-34-30(33)27-17-22(13-14-28(27)31)26-18-23(35-29-12-5-4-11-25(26)29)19-32-16-15-21-9-6-8-20-7-2-3-10-24(20)21/h2-14,17,23,26,32H,15-16,18-19H2,1H3. The SMILES string of the molecule is COC(=O)c1cc(C2CC(CNCCc3cccc4ccccc34)Oc3ccccc32)ccc1F. The Morgan fingerprint density at radius 1 is 1.03 bits per heavy atom. The number of methoxy groups -OCH3 is 1. The molecule has 35 heavy (non-hydrogen) atoms. The average molecular weight is 470 g/mol. The number of fused-ring (bicyclic) bond motifs is 2. The summed E-state index contributed by atoms with van der Waals surface area (Å²) >= 11 is 0. The van der Waals surface area contributed by atoms with Gasteiger partial charge in [0.2, 0.25) is 0 Å². The molecular formula is C30H28FNO3. The second-order valence-corrected chi connectivity index (χ2v) is 8.89. The highest BCUT2D eigenvalue weighted by molar-refractivity contribution is 5.90. The lowest BCUT2D eigenvalue weighted by Gasteiger charge is -2.33. The van der Waals surface area contributed by atoms with Crippen LogP contribution in [0.5, 0.6) is 5.75 Å². The Morgan fingerprint density at radius 3 is 2.71 bits per heavy atom. The molecule has 0 aliphatic carbocycles. The second-order valence-electron chi connectivity index (χ2n) is 8.89. The molecular weight excluding hydrogens is 441 g/mol. The number of carbonyl (C=O) groups is 1. The first-order chi connectivity index (χ1) is 17.1. The van der Waals surface area contributed by atoms with Crippen LogP contribution in [0.15, 0.2) is 84.9 Å². The van der Waals surface area contributed by atoms with Crippen LogP contribution in [-0.4, -0.2) is 32.3 Å². The topological polar surface area (TPSA) is 47.6 Å². The Kier molecular flexibility index (Phi) is 6.77. The van der Waals surface area contributed by atoms with Crippen LogP contribution in [0.2, 0.25) is 0 Å². The van der Waals surface area contributed by atoms with Crippen molar-refractivity contribution in [1.29, 1.82) is 0 Å². The monoisotopic (exact) mass is 469 g/mol. The number of nitrogens with one attached hydrogen (secondary N) is 1. The summed E-state index contributed by atoms with van der Waals surface area (Å²) in [6.45, 7) is 1.53. The van der Waals surface area contributed by atoms with Crippen LogP contribution < -0.4 is 10.1 Å². The van der Waals surface area contributed by atoms with E-state index in [1.54, 1.807) is 12.1 Å². The minimum absolute atomic E-state index is 0.00572. The zero-order chi connectivity index (χ0) is 24.2. The number of hydrogen-bond donors (Lipinski definition) is 1. The number of carbonyl (C=O) groups excluding carboxylic acids is 1. The summed E-state index contributed by atoms with van der Waals surface area (Å²) in [6.07, 6.45) is 1.60. The van der Waals surface area contributed by atoms with Crippen molar-refractivity contribution in [3.05, 3.63) is 113 Å². The Balaban J connectivity index is 1.30. The van der Waals surface area contributed by atoms with Crippen molar-refractivity contribution in [2.75, 3.05) is 20.2 Å². The van der Waals surface area contributed by atoms with Gasteiger partial charge in [0, 0.05) is 18.0 Å². The molecule has 0 amide bonds. The third-order valence-electron chi connectivity index (χ3n) is 6.71. The van der Waals surface area contributed by atoms with Gasteiger partial charge in [0.05, 0.1) is 12.7 Å². The van der Waals surface area contributed by atoms with Gasteiger partial charge in [-0.2, -0.15) is 0 Å². The van der Waals surface area contributed by atoms with Crippen molar-refractivity contribution in [3.63, 3.8) is 0 Å². The van der Waals surface area contributed by atoms with Gasteiger partial charge in [0.15, 0.2) is 0 Å². The van der Waals surface area contributed by atoms with Gasteiger partial charge in [-0.25, -0.2) is 9.18 Å². The minimum atomic E-state index is -0.670. The van der Waals surface area contributed by atoms with Gasteiger partial charge in [-0.05, 0) is 59.5 Å². The quantitative estimate of drug-likeness (QED) is 0.271. The number of benzene rings is 4. The summed E-state index contributed by atoms with van der Waals surface area (Å²) in [4.78, 5) is 12.1. The molecule has 4 nitrogen and oxygen atoms in total. The van der Waals surface area contributed by atoms with Crippen LogP contribution in [0.4, 0.5) is 4.39 Å². The Hall–Kier alpha value is -3.70. The maximum atomic E-state index is 14.3. The fourth-order valence-corrected chi connectivity index (χ4v) is 4.96. The van der Waals surface area contributed by atoms with Gasteiger partial charge >= 0.3 is 5.97 Å². The van der Waals surface area contributed by atoms with E-state index >= 15 is 0 Å². The predicted octanol–water partition coefficient (Wildman–Crippen LogP) is 5.88. The number of hydrogen-bond acceptors (Lipinski definition) is 4. The van der Waals surface area contributed by atoms with Crippen molar-refractivity contribution < 1.29 is 18.7 Å². The summed E-state index contributed by atoms with van der Waals surface area (Å²) in [5.74, 6) is -0.425. The van der Waals surface area contributed by atoms with E-state index < -0.39 is 11.8 Å². The fourth-order valence-electron chi connectivity index (χ4n) is 4.96. The fraction of sp³-hybridized carbons (Fsp3) is 0.233. The summed E-state index contributed by atoms with van der Waals surface area (Å²) in [6, 6.07) is 27.5. The van der Waals surface area contributed by atoms with Crippen LogP contribution >= 0.6 is 0 Å². The Labute approximate surface area is 204 Å². The van der Waals surface area contributed by atoms with Gasteiger partial charge in [-0.1, -0.05) is 66.7 Å². The lowest BCUT2D eigenvalue weighted by Crippen LogP contribution is -2.36. The molecule has 1 aliphatic heterocycles. The third kappa shape index (κ3) is 4.91. The third-order valence-corrected chi connectivity index (χ3v) is 6.71. The van der Waals surface area contributed by atoms with Crippen molar-refractivity contribution in [1.82, 2.24) is 5.32 Å². The summed E-state index contributed by atoms with van der Waals surface area (Å²) < 4.78 is 25.3. The summed E-state index contributed by atoms with van der Waals surface area (Å²) in [5.41, 5.74) is 3.20. The lowest BCUT2D eigenvalue weighted by atomic mass is 9.83. The first-order valence-corrected chi connectivity index (χ1v) is 11.9. The van der Waals surface area contributed by atoms with Crippen LogP contribution in [0, 0.1) is 5.82 Å². The molecule has 1 N–H and O–H groups in total. The molecule has 1 aliphatic rings. The molecule has 0 radical (unpaired) electrons. The van der Waals surface area contributed by atoms with Crippen LogP contribution in [0.1, 0.15) is 39.4 Å². The normalized spacial score (nSPS) is 17.0. The number of ether oxygens (including phenoxy) is 2. The molecule has 0 saturated carbocycles. The maximum Gasteiger partial charge on any atom is 0.340 e. The van der Waals surface area contributed by atoms with E-state index in [1.165, 1.54) is 29.5 Å². The van der Waals surface area contributed by atoms with Crippen molar-refractivity contribution in [3.8, 4) is 5.75 Å². The molecule has 178 valence electrons.